The lowest BCUT2D eigenvalue weighted by molar-refractivity contribution is -0.391. The van der Waals surface area contributed by atoms with Gasteiger partial charge in [0.25, 0.3) is 5.82 Å². The zero-order valence-electron chi connectivity index (χ0n) is 11.6. The smallest absolute Gasteiger partial charge is 0.331 e. The fourth-order valence-corrected chi connectivity index (χ4v) is 2.42. The van der Waals surface area contributed by atoms with Crippen molar-refractivity contribution in [2.75, 3.05) is 0 Å². The third kappa shape index (κ3) is 1.95. The van der Waals surface area contributed by atoms with Gasteiger partial charge in [0.05, 0.1) is 17.8 Å². The molecule has 0 aliphatic rings. The Balaban J connectivity index is 2.81. The summed E-state index contributed by atoms with van der Waals surface area (Å²) in [6.45, 7) is 11.5. The molecule has 0 radical (unpaired) electrons. The van der Waals surface area contributed by atoms with Gasteiger partial charge in [0.15, 0.2) is 6.33 Å². The van der Waals surface area contributed by atoms with Crippen molar-refractivity contribution in [1.29, 1.82) is 0 Å². The molecule has 0 N–H and O–H groups in total. The zero-order valence-corrected chi connectivity index (χ0v) is 11.6. The summed E-state index contributed by atoms with van der Waals surface area (Å²) < 4.78 is 3.32. The number of imidazole rings is 1. The molecule has 2 rings (SSSR count). The van der Waals surface area contributed by atoms with Crippen LogP contribution in [0.15, 0.2) is 12.4 Å². The molecule has 104 valence electrons. The van der Waals surface area contributed by atoms with Crippen LogP contribution in [0.4, 0.5) is 11.6 Å². The van der Waals surface area contributed by atoms with Crippen LogP contribution in [0.1, 0.15) is 19.5 Å². The second kappa shape index (κ2) is 5.17. The van der Waals surface area contributed by atoms with Crippen LogP contribution in [0.25, 0.3) is 16.1 Å². The molecule has 0 saturated carbocycles. The quantitative estimate of drug-likeness (QED) is 0.488. The Hall–Kier alpha value is -2.62. The molecular weight excluding hydrogens is 258 g/mol. The van der Waals surface area contributed by atoms with Crippen LogP contribution >= 0.6 is 0 Å². The highest BCUT2D eigenvalue weighted by molar-refractivity contribution is 5.79. The third-order valence-electron chi connectivity index (χ3n) is 3.28. The molecule has 20 heavy (non-hydrogen) atoms. The summed E-state index contributed by atoms with van der Waals surface area (Å²) in [4.78, 5) is 18.3. The fraction of sp³-hybridized carbons (Fsp3) is 0.385. The summed E-state index contributed by atoms with van der Waals surface area (Å²) in [6, 6.07) is 1.79. The SMILES string of the molecule is [C-]#[N+]c1ncn(C)c1-c1cc(CC)n(CC)c1[N+](=O)[O-]. The fourth-order valence-electron chi connectivity index (χ4n) is 2.42. The van der Waals surface area contributed by atoms with Gasteiger partial charge in [-0.05, 0) is 17.9 Å². The summed E-state index contributed by atoms with van der Waals surface area (Å²) >= 11 is 0. The first-order valence-electron chi connectivity index (χ1n) is 6.31. The minimum absolute atomic E-state index is 0.0258. The van der Waals surface area contributed by atoms with E-state index in [1.54, 1.807) is 22.2 Å². The topological polar surface area (TPSA) is 70.2 Å². The van der Waals surface area contributed by atoms with Gasteiger partial charge in [0.2, 0.25) is 0 Å². The Labute approximate surface area is 116 Å². The number of aromatic nitrogens is 3. The molecule has 2 heterocycles. The molecule has 7 heteroatoms. The third-order valence-corrected chi connectivity index (χ3v) is 3.28. The standard InChI is InChI=1S/C13H15N5O2/c1-5-9-7-10(13(18(19)20)17(9)6-2)11-12(14-3)15-8-16(11)4/h7-8H,5-6H2,1-2,4H3. The van der Waals surface area contributed by atoms with Crippen molar-refractivity contribution in [3.05, 3.63) is 39.6 Å². The highest BCUT2D eigenvalue weighted by Crippen LogP contribution is 2.38. The van der Waals surface area contributed by atoms with E-state index in [1.165, 1.54) is 6.33 Å². The highest BCUT2D eigenvalue weighted by atomic mass is 16.6. The summed E-state index contributed by atoms with van der Waals surface area (Å²) in [5.41, 5.74) is 1.83. The van der Waals surface area contributed by atoms with Gasteiger partial charge in [0.1, 0.15) is 5.69 Å². The molecule has 0 aromatic carbocycles. The largest absolute Gasteiger partial charge is 0.359 e. The van der Waals surface area contributed by atoms with Gasteiger partial charge in [-0.15, -0.1) is 4.98 Å². The first-order valence-corrected chi connectivity index (χ1v) is 6.31. The Kier molecular flexibility index (Phi) is 3.57. The Morgan fingerprint density at radius 3 is 2.70 bits per heavy atom. The zero-order chi connectivity index (χ0) is 14.9. The molecule has 0 aliphatic heterocycles. The summed E-state index contributed by atoms with van der Waals surface area (Å²) in [5.74, 6) is 0.212. The minimum atomic E-state index is -0.390. The van der Waals surface area contributed by atoms with Gasteiger partial charge in [-0.25, -0.2) is 4.57 Å². The van der Waals surface area contributed by atoms with E-state index in [0.29, 0.717) is 24.2 Å². The highest BCUT2D eigenvalue weighted by Gasteiger charge is 2.28. The van der Waals surface area contributed by atoms with Gasteiger partial charge in [-0.2, -0.15) is 0 Å². The van der Waals surface area contributed by atoms with E-state index in [9.17, 15) is 10.1 Å². The Morgan fingerprint density at radius 1 is 1.50 bits per heavy atom. The minimum Gasteiger partial charge on any atom is -0.359 e. The molecule has 0 fully saturated rings. The van der Waals surface area contributed by atoms with Crippen LogP contribution < -0.4 is 0 Å². The molecule has 2 aromatic rings. The Morgan fingerprint density at radius 2 is 2.20 bits per heavy atom. The van der Waals surface area contributed by atoms with Crippen molar-refractivity contribution < 1.29 is 4.92 Å². The van der Waals surface area contributed by atoms with Crippen LogP contribution in [0.3, 0.4) is 0 Å². The number of aryl methyl sites for hydroxylation is 2. The predicted octanol–water partition coefficient (Wildman–Crippen LogP) is 2.93. The maximum absolute atomic E-state index is 11.4. The first-order chi connectivity index (χ1) is 9.54. The molecule has 0 aliphatic carbocycles. The average molecular weight is 273 g/mol. The monoisotopic (exact) mass is 273 g/mol. The van der Waals surface area contributed by atoms with E-state index in [4.69, 9.17) is 6.57 Å². The second-order valence-corrected chi connectivity index (χ2v) is 4.37. The maximum Gasteiger partial charge on any atom is 0.331 e. The van der Waals surface area contributed by atoms with Gasteiger partial charge in [-0.3, -0.25) is 0 Å². The van der Waals surface area contributed by atoms with E-state index < -0.39 is 4.92 Å². The maximum atomic E-state index is 11.4. The number of hydrogen-bond acceptors (Lipinski definition) is 3. The molecule has 0 spiro atoms. The van der Waals surface area contributed by atoms with Crippen molar-refractivity contribution in [3.63, 3.8) is 0 Å². The van der Waals surface area contributed by atoms with Gasteiger partial charge < -0.3 is 19.5 Å². The van der Waals surface area contributed by atoms with Crippen molar-refractivity contribution in [1.82, 2.24) is 14.1 Å². The van der Waals surface area contributed by atoms with Crippen LogP contribution in [0, 0.1) is 16.7 Å². The van der Waals surface area contributed by atoms with E-state index >= 15 is 0 Å². The molecule has 0 bridgehead atoms. The summed E-state index contributed by atoms with van der Waals surface area (Å²) in [6.07, 6.45) is 2.20. The second-order valence-electron chi connectivity index (χ2n) is 4.37. The molecule has 0 amide bonds. The van der Waals surface area contributed by atoms with Crippen LogP contribution in [0.2, 0.25) is 0 Å². The number of nitrogens with zero attached hydrogens (tertiary/aromatic N) is 5. The van der Waals surface area contributed by atoms with Crippen LogP contribution in [-0.4, -0.2) is 19.0 Å². The predicted molar refractivity (Wildman–Crippen MR) is 74.6 cm³/mol. The van der Waals surface area contributed by atoms with Crippen molar-refractivity contribution >= 4 is 11.6 Å². The van der Waals surface area contributed by atoms with Crippen molar-refractivity contribution in [3.8, 4) is 11.3 Å². The van der Waals surface area contributed by atoms with Crippen LogP contribution in [-0.2, 0) is 20.0 Å². The molecule has 0 atom stereocenters. The van der Waals surface area contributed by atoms with E-state index in [1.807, 2.05) is 13.8 Å². The van der Waals surface area contributed by atoms with E-state index in [2.05, 4.69) is 9.83 Å². The molecule has 0 unspecified atom stereocenters. The van der Waals surface area contributed by atoms with Gasteiger partial charge in [-0.1, -0.05) is 13.5 Å². The molecule has 0 saturated heterocycles. The lowest BCUT2D eigenvalue weighted by Crippen LogP contribution is -2.05. The first kappa shape index (κ1) is 13.8. The lowest BCUT2D eigenvalue weighted by atomic mass is 10.2. The van der Waals surface area contributed by atoms with Crippen LogP contribution in [0.5, 0.6) is 0 Å². The Bertz CT molecular complexity index is 705. The van der Waals surface area contributed by atoms with Crippen molar-refractivity contribution in [2.24, 2.45) is 7.05 Å². The van der Waals surface area contributed by atoms with E-state index in [-0.39, 0.29) is 11.6 Å². The summed E-state index contributed by atoms with van der Waals surface area (Å²) in [7, 11) is 1.73. The van der Waals surface area contributed by atoms with Crippen molar-refractivity contribution in [2.45, 2.75) is 26.8 Å². The number of rotatable bonds is 4. The molecular formula is C13H15N5O2. The molecule has 2 aromatic heterocycles. The van der Waals surface area contributed by atoms with Gasteiger partial charge >= 0.3 is 5.82 Å². The normalized spacial score (nSPS) is 10.5. The van der Waals surface area contributed by atoms with Gasteiger partial charge in [0, 0.05) is 13.5 Å². The lowest BCUT2D eigenvalue weighted by Gasteiger charge is -2.04. The summed E-state index contributed by atoms with van der Waals surface area (Å²) in [5, 5.41) is 11.4. The number of nitro groups is 1. The van der Waals surface area contributed by atoms with E-state index in [0.717, 1.165) is 5.69 Å². The number of hydrogen-bond donors (Lipinski definition) is 0. The molecule has 7 nitrogen and oxygen atoms in total. The average Bonchev–Trinajstić information content (AvgIpc) is 2.97.